The maximum atomic E-state index is 12.5. The van der Waals surface area contributed by atoms with Gasteiger partial charge in [-0.05, 0) is 42.3 Å². The molecule has 1 N–H and O–H groups in total. The van der Waals surface area contributed by atoms with Gasteiger partial charge in [-0.2, -0.15) is 0 Å². The van der Waals surface area contributed by atoms with Crippen molar-refractivity contribution in [3.63, 3.8) is 0 Å². The first kappa shape index (κ1) is 18.0. The van der Waals surface area contributed by atoms with Gasteiger partial charge in [0.2, 0.25) is 0 Å². The second-order valence-electron chi connectivity index (χ2n) is 6.51. The van der Waals surface area contributed by atoms with Crippen LogP contribution in [0.4, 0.5) is 0 Å². The molecule has 4 rings (SSSR count). The van der Waals surface area contributed by atoms with Crippen LogP contribution in [0.3, 0.4) is 0 Å². The van der Waals surface area contributed by atoms with Crippen molar-refractivity contribution in [2.45, 2.75) is 19.6 Å². The number of fused-ring (bicyclic) bond motifs is 3. The number of aliphatic hydroxyl groups is 1. The minimum atomic E-state index is -0.669. The molecule has 0 radical (unpaired) electrons. The van der Waals surface area contributed by atoms with E-state index >= 15 is 0 Å². The highest BCUT2D eigenvalue weighted by Gasteiger charge is 2.14. The predicted molar refractivity (Wildman–Crippen MR) is 106 cm³/mol. The van der Waals surface area contributed by atoms with Gasteiger partial charge in [-0.3, -0.25) is 4.98 Å². The van der Waals surface area contributed by atoms with E-state index in [1.807, 2.05) is 18.2 Å². The summed E-state index contributed by atoms with van der Waals surface area (Å²) < 4.78 is 16.9. The number of hydrogen-bond acceptors (Lipinski definition) is 6. The number of aromatic nitrogens is 1. The van der Waals surface area contributed by atoms with E-state index < -0.39 is 11.7 Å². The molecule has 0 saturated heterocycles. The topological polar surface area (TPSA) is 81.8 Å². The van der Waals surface area contributed by atoms with Crippen LogP contribution < -0.4 is 15.1 Å². The van der Waals surface area contributed by atoms with E-state index in [1.54, 1.807) is 50.7 Å². The van der Waals surface area contributed by atoms with Crippen molar-refractivity contribution in [2.24, 2.45) is 0 Å². The van der Waals surface area contributed by atoms with Crippen LogP contribution in [0, 0.1) is 0 Å². The fraction of sp³-hybridized carbons (Fsp3) is 0.182. The molecule has 0 bridgehead atoms. The molecule has 4 aromatic rings. The van der Waals surface area contributed by atoms with Gasteiger partial charge in [0.25, 0.3) is 0 Å². The van der Waals surface area contributed by atoms with Crippen LogP contribution in [0.25, 0.3) is 21.7 Å². The van der Waals surface area contributed by atoms with Crippen molar-refractivity contribution in [3.05, 3.63) is 76.4 Å². The molecule has 0 fully saturated rings. The number of methoxy groups -OCH3 is 1. The largest absolute Gasteiger partial charge is 0.493 e. The molecule has 0 aliphatic heterocycles. The predicted octanol–water partition coefficient (Wildman–Crippen LogP) is 3.98. The number of nitrogens with zero attached hydrogens (tertiary/aromatic N) is 1. The number of aliphatic hydroxyl groups excluding tert-OH is 1. The second-order valence-corrected chi connectivity index (χ2v) is 6.51. The molecule has 0 saturated carbocycles. The second kappa shape index (κ2) is 7.32. The fourth-order valence-corrected chi connectivity index (χ4v) is 3.13. The van der Waals surface area contributed by atoms with Gasteiger partial charge in [-0.15, -0.1) is 0 Å². The molecular weight excluding hydrogens is 358 g/mol. The molecule has 0 spiro atoms. The van der Waals surface area contributed by atoms with E-state index in [1.165, 1.54) is 0 Å². The number of benzene rings is 2. The Balaban J connectivity index is 1.82. The Kier molecular flexibility index (Phi) is 4.71. The summed E-state index contributed by atoms with van der Waals surface area (Å²) >= 11 is 0. The summed E-state index contributed by atoms with van der Waals surface area (Å²) in [7, 11) is 1.56. The Morgan fingerprint density at radius 3 is 2.54 bits per heavy atom. The molecule has 6 nitrogen and oxygen atoms in total. The van der Waals surface area contributed by atoms with Crippen LogP contribution in [0.15, 0.2) is 64.1 Å². The van der Waals surface area contributed by atoms with Gasteiger partial charge in [0.1, 0.15) is 12.2 Å². The zero-order valence-electron chi connectivity index (χ0n) is 15.5. The molecule has 0 aliphatic rings. The third kappa shape index (κ3) is 3.30. The third-order valence-corrected chi connectivity index (χ3v) is 4.65. The first-order valence-corrected chi connectivity index (χ1v) is 8.85. The Morgan fingerprint density at radius 2 is 1.82 bits per heavy atom. The van der Waals surface area contributed by atoms with Crippen molar-refractivity contribution < 1.29 is 19.0 Å². The molecule has 28 heavy (non-hydrogen) atoms. The Hall–Kier alpha value is -3.38. The summed E-state index contributed by atoms with van der Waals surface area (Å²) in [5.41, 5.74) is 1.56. The summed E-state index contributed by atoms with van der Waals surface area (Å²) in [5.74, 6) is 1.02. The molecule has 1 unspecified atom stereocenters. The molecule has 2 aromatic heterocycles. The zero-order valence-corrected chi connectivity index (χ0v) is 15.5. The Labute approximate surface area is 161 Å². The molecule has 0 amide bonds. The highest BCUT2D eigenvalue weighted by molar-refractivity contribution is 6.05. The lowest BCUT2D eigenvalue weighted by Gasteiger charge is -2.13. The van der Waals surface area contributed by atoms with Crippen LogP contribution in [0.5, 0.6) is 11.5 Å². The van der Waals surface area contributed by atoms with Crippen LogP contribution in [0.2, 0.25) is 0 Å². The van der Waals surface area contributed by atoms with Crippen molar-refractivity contribution in [1.82, 2.24) is 4.98 Å². The first-order chi connectivity index (χ1) is 13.6. The first-order valence-electron chi connectivity index (χ1n) is 8.85. The number of hydrogen-bond donors (Lipinski definition) is 1. The van der Waals surface area contributed by atoms with E-state index in [2.05, 4.69) is 4.98 Å². The van der Waals surface area contributed by atoms with Gasteiger partial charge in [0.05, 0.1) is 18.6 Å². The van der Waals surface area contributed by atoms with Gasteiger partial charge in [0, 0.05) is 29.2 Å². The number of rotatable bonds is 5. The summed E-state index contributed by atoms with van der Waals surface area (Å²) in [6.45, 7) is 1.99. The third-order valence-electron chi connectivity index (χ3n) is 4.65. The molecule has 2 aromatic carbocycles. The Morgan fingerprint density at radius 1 is 1.04 bits per heavy atom. The lowest BCUT2D eigenvalue weighted by molar-refractivity contribution is 0.199. The highest BCUT2D eigenvalue weighted by Crippen LogP contribution is 2.35. The van der Waals surface area contributed by atoms with Crippen LogP contribution in [-0.4, -0.2) is 17.2 Å². The van der Waals surface area contributed by atoms with Gasteiger partial charge >= 0.3 is 5.63 Å². The van der Waals surface area contributed by atoms with E-state index in [4.69, 9.17) is 13.9 Å². The van der Waals surface area contributed by atoms with E-state index in [9.17, 15) is 9.90 Å². The van der Waals surface area contributed by atoms with Gasteiger partial charge < -0.3 is 19.0 Å². The summed E-state index contributed by atoms with van der Waals surface area (Å²) in [6, 6.07) is 12.5. The van der Waals surface area contributed by atoms with Crippen molar-refractivity contribution in [2.75, 3.05) is 7.11 Å². The van der Waals surface area contributed by atoms with Gasteiger partial charge in [-0.25, -0.2) is 4.79 Å². The number of ether oxygens (including phenoxy) is 2. The molecule has 142 valence electrons. The zero-order chi connectivity index (χ0) is 19.7. The van der Waals surface area contributed by atoms with Crippen LogP contribution in [0.1, 0.15) is 24.2 Å². The smallest absolute Gasteiger partial charge is 0.344 e. The van der Waals surface area contributed by atoms with Crippen LogP contribution >= 0.6 is 0 Å². The van der Waals surface area contributed by atoms with E-state index in [0.29, 0.717) is 34.6 Å². The highest BCUT2D eigenvalue weighted by atomic mass is 16.5. The summed E-state index contributed by atoms with van der Waals surface area (Å²) in [5, 5.41) is 11.7. The summed E-state index contributed by atoms with van der Waals surface area (Å²) in [4.78, 5) is 16.5. The van der Waals surface area contributed by atoms with Gasteiger partial charge in [0.15, 0.2) is 11.5 Å². The lowest BCUT2D eigenvalue weighted by atomic mass is 10.0. The normalized spacial score (nSPS) is 12.2. The average Bonchev–Trinajstić information content (AvgIpc) is 2.72. The van der Waals surface area contributed by atoms with Crippen molar-refractivity contribution in [3.8, 4) is 11.5 Å². The standard InChI is InChI=1S/C22H19NO5/c1-13(24)15-3-4-16-17-10-20(26-2)21(27-12-14-5-7-23-8-6-14)11-19(17)28-22(25)18(16)9-15/h3-11,13,24H,12H2,1-2H3. The minimum absolute atomic E-state index is 0.333. The quantitative estimate of drug-likeness (QED) is 0.418. The molecule has 0 aliphatic carbocycles. The average molecular weight is 377 g/mol. The lowest BCUT2D eigenvalue weighted by Crippen LogP contribution is -2.03. The van der Waals surface area contributed by atoms with Crippen LogP contribution in [-0.2, 0) is 6.61 Å². The fourth-order valence-electron chi connectivity index (χ4n) is 3.13. The van der Waals surface area contributed by atoms with Crippen molar-refractivity contribution >= 4 is 21.7 Å². The minimum Gasteiger partial charge on any atom is -0.493 e. The SMILES string of the molecule is COc1cc2c(cc1OCc1ccncc1)oc(=O)c1cc(C(C)O)ccc12. The van der Waals surface area contributed by atoms with Crippen molar-refractivity contribution in [1.29, 1.82) is 0 Å². The Bertz CT molecular complexity index is 1200. The van der Waals surface area contributed by atoms with E-state index in [0.717, 1.165) is 16.3 Å². The summed E-state index contributed by atoms with van der Waals surface area (Å²) in [6.07, 6.45) is 2.73. The maximum absolute atomic E-state index is 12.5. The molecular formula is C22H19NO5. The number of pyridine rings is 1. The van der Waals surface area contributed by atoms with E-state index in [-0.39, 0.29) is 0 Å². The molecule has 1 atom stereocenters. The maximum Gasteiger partial charge on any atom is 0.344 e. The molecule has 2 heterocycles. The monoisotopic (exact) mass is 377 g/mol. The van der Waals surface area contributed by atoms with Gasteiger partial charge in [-0.1, -0.05) is 12.1 Å². The molecule has 6 heteroatoms.